The highest BCUT2D eigenvalue weighted by atomic mass is 32.2. The summed E-state index contributed by atoms with van der Waals surface area (Å²) in [6.45, 7) is -0.0740. The summed E-state index contributed by atoms with van der Waals surface area (Å²) in [5.74, 6) is -1.53. The number of fused-ring (bicyclic) bond motifs is 2. The monoisotopic (exact) mass is 472 g/mol. The maximum atomic E-state index is 14.4. The van der Waals surface area contributed by atoms with E-state index in [1.54, 1.807) is 42.5 Å². The fraction of sp³-hybridized carbons (Fsp3) is 0.167. The zero-order valence-corrected chi connectivity index (χ0v) is 17.8. The largest absolute Gasteiger partial charge is 0.416 e. The van der Waals surface area contributed by atoms with Crippen molar-refractivity contribution in [2.75, 3.05) is 15.6 Å². The molecule has 0 saturated carbocycles. The van der Waals surface area contributed by atoms with Gasteiger partial charge >= 0.3 is 6.18 Å². The second-order valence-electron chi connectivity index (χ2n) is 7.71. The average molecular weight is 472 g/mol. The minimum Gasteiger partial charge on any atom is -0.304 e. The first-order valence-corrected chi connectivity index (χ1v) is 11.0. The number of anilines is 2. The zero-order valence-electron chi connectivity index (χ0n) is 17.0. The van der Waals surface area contributed by atoms with Crippen LogP contribution in [-0.2, 0) is 27.2 Å². The topological polar surface area (TPSA) is 40.6 Å². The van der Waals surface area contributed by atoms with E-state index in [1.165, 1.54) is 23.1 Å². The molecule has 1 saturated heterocycles. The van der Waals surface area contributed by atoms with Gasteiger partial charge in [0.15, 0.2) is 0 Å². The number of rotatable bonds is 3. The van der Waals surface area contributed by atoms with E-state index in [-0.39, 0.29) is 23.5 Å². The molecule has 33 heavy (non-hydrogen) atoms. The Morgan fingerprint density at radius 3 is 2.42 bits per heavy atom. The van der Waals surface area contributed by atoms with Gasteiger partial charge in [0.2, 0.25) is 10.8 Å². The van der Waals surface area contributed by atoms with Crippen molar-refractivity contribution in [3.63, 3.8) is 0 Å². The van der Waals surface area contributed by atoms with Gasteiger partial charge in [-0.25, -0.2) is 4.39 Å². The second kappa shape index (κ2) is 7.62. The molecule has 3 aromatic carbocycles. The Labute approximate surface area is 190 Å². The molecule has 0 N–H and O–H groups in total. The molecule has 168 valence electrons. The summed E-state index contributed by atoms with van der Waals surface area (Å²) in [7, 11) is 0. The Kier molecular flexibility index (Phi) is 4.97. The summed E-state index contributed by atoms with van der Waals surface area (Å²) in [5.41, 5.74) is 0.333. The van der Waals surface area contributed by atoms with Crippen molar-refractivity contribution < 1.29 is 27.2 Å². The molecule has 2 heterocycles. The zero-order chi connectivity index (χ0) is 23.4. The lowest BCUT2D eigenvalue weighted by atomic mass is 10.0. The van der Waals surface area contributed by atoms with E-state index in [0.717, 1.165) is 28.8 Å². The van der Waals surface area contributed by atoms with Crippen LogP contribution in [0.2, 0.25) is 0 Å². The Morgan fingerprint density at radius 1 is 0.939 bits per heavy atom. The van der Waals surface area contributed by atoms with E-state index >= 15 is 0 Å². The predicted octanol–water partition coefficient (Wildman–Crippen LogP) is 5.32. The van der Waals surface area contributed by atoms with Crippen LogP contribution in [0.1, 0.15) is 16.7 Å². The summed E-state index contributed by atoms with van der Waals surface area (Å²) >= 11 is 1.06. The van der Waals surface area contributed by atoms with Crippen LogP contribution in [0, 0.1) is 5.82 Å². The molecule has 4 nitrogen and oxygen atoms in total. The molecule has 3 aromatic rings. The second-order valence-corrected chi connectivity index (χ2v) is 8.88. The van der Waals surface area contributed by atoms with Gasteiger partial charge in [-0.05, 0) is 30.3 Å². The quantitative estimate of drug-likeness (QED) is 0.485. The Morgan fingerprint density at radius 2 is 1.67 bits per heavy atom. The molecule has 0 unspecified atom stereocenters. The van der Waals surface area contributed by atoms with Crippen molar-refractivity contribution in [2.24, 2.45) is 0 Å². The van der Waals surface area contributed by atoms with Gasteiger partial charge in [0.05, 0.1) is 23.5 Å². The maximum Gasteiger partial charge on any atom is 0.416 e. The number of hydrogen-bond acceptors (Lipinski definition) is 3. The summed E-state index contributed by atoms with van der Waals surface area (Å²) in [5, 5.41) is 0. The maximum absolute atomic E-state index is 14.4. The smallest absolute Gasteiger partial charge is 0.304 e. The minimum absolute atomic E-state index is 0.0179. The molecule has 0 bridgehead atoms. The summed E-state index contributed by atoms with van der Waals surface area (Å²) in [6.07, 6.45) is -4.60. The summed E-state index contributed by atoms with van der Waals surface area (Å²) in [4.78, 5) is 27.8. The molecule has 1 fully saturated rings. The van der Waals surface area contributed by atoms with Crippen LogP contribution in [0.5, 0.6) is 0 Å². The third-order valence-corrected chi connectivity index (χ3v) is 7.17. The minimum atomic E-state index is -4.60. The van der Waals surface area contributed by atoms with Crippen molar-refractivity contribution in [1.82, 2.24) is 0 Å². The van der Waals surface area contributed by atoms with Crippen molar-refractivity contribution in [3.05, 3.63) is 95.3 Å². The van der Waals surface area contributed by atoms with E-state index in [2.05, 4.69) is 0 Å². The third-order valence-electron chi connectivity index (χ3n) is 5.78. The summed E-state index contributed by atoms with van der Waals surface area (Å²) < 4.78 is 54.4. The van der Waals surface area contributed by atoms with Crippen molar-refractivity contribution in [1.29, 1.82) is 0 Å². The predicted molar refractivity (Wildman–Crippen MR) is 117 cm³/mol. The standard InChI is InChI=1S/C24H16F4N2O2S/c25-19-10-3-1-6-15(19)13-29-20-11-4-2-9-18(20)23(22(29)32)30(21(31)14-33-23)17-8-5-7-16(12-17)24(26,27)28/h1-12H,13-14H2/t23-/m0/s1. The van der Waals surface area contributed by atoms with Crippen LogP contribution in [0.15, 0.2) is 72.8 Å². The molecule has 1 atom stereocenters. The Hall–Kier alpha value is -3.33. The highest BCUT2D eigenvalue weighted by Gasteiger charge is 2.61. The van der Waals surface area contributed by atoms with Gasteiger partial charge in [0.1, 0.15) is 5.82 Å². The van der Waals surface area contributed by atoms with E-state index in [0.29, 0.717) is 11.3 Å². The lowest BCUT2D eigenvalue weighted by molar-refractivity contribution is -0.137. The molecule has 1 spiro atoms. The number of nitrogens with zero attached hydrogens (tertiary/aromatic N) is 2. The van der Waals surface area contributed by atoms with Gasteiger partial charge in [-0.3, -0.25) is 14.5 Å². The molecule has 2 amide bonds. The fourth-order valence-corrected chi connectivity index (χ4v) is 5.69. The van der Waals surface area contributed by atoms with E-state index in [9.17, 15) is 27.2 Å². The van der Waals surface area contributed by atoms with Gasteiger partial charge in [-0.2, -0.15) is 13.2 Å². The molecule has 9 heteroatoms. The van der Waals surface area contributed by atoms with Gasteiger partial charge in [0.25, 0.3) is 5.91 Å². The Bertz CT molecular complexity index is 1280. The number of alkyl halides is 3. The summed E-state index contributed by atoms with van der Waals surface area (Å²) in [6, 6.07) is 17.2. The number of para-hydroxylation sites is 1. The number of amides is 2. The number of hydrogen-bond donors (Lipinski definition) is 0. The molecule has 2 aliphatic heterocycles. The lowest BCUT2D eigenvalue weighted by Crippen LogP contribution is -2.49. The molecule has 2 aliphatic rings. The molecular formula is C24H16F4N2O2S. The van der Waals surface area contributed by atoms with Gasteiger partial charge in [-0.1, -0.05) is 42.5 Å². The highest BCUT2D eigenvalue weighted by molar-refractivity contribution is 8.02. The molecule has 5 rings (SSSR count). The Balaban J connectivity index is 1.65. The van der Waals surface area contributed by atoms with Crippen LogP contribution in [0.3, 0.4) is 0 Å². The van der Waals surface area contributed by atoms with Crippen molar-refractivity contribution >= 4 is 35.0 Å². The van der Waals surface area contributed by atoms with Crippen LogP contribution >= 0.6 is 11.8 Å². The van der Waals surface area contributed by atoms with Crippen LogP contribution in [0.25, 0.3) is 0 Å². The van der Waals surface area contributed by atoms with E-state index in [4.69, 9.17) is 0 Å². The first-order chi connectivity index (χ1) is 15.7. The molecule has 0 aromatic heterocycles. The number of carbonyl (C=O) groups excluding carboxylic acids is 2. The third kappa shape index (κ3) is 3.30. The molecular weight excluding hydrogens is 456 g/mol. The average Bonchev–Trinajstić information content (AvgIpc) is 3.26. The van der Waals surface area contributed by atoms with Gasteiger partial charge in [0, 0.05) is 16.8 Å². The van der Waals surface area contributed by atoms with E-state index < -0.39 is 34.2 Å². The highest BCUT2D eigenvalue weighted by Crippen LogP contribution is 2.56. The first-order valence-electron chi connectivity index (χ1n) is 10.0. The van der Waals surface area contributed by atoms with Gasteiger partial charge < -0.3 is 4.90 Å². The molecule has 0 radical (unpaired) electrons. The molecule has 0 aliphatic carbocycles. The van der Waals surface area contributed by atoms with E-state index in [1.807, 2.05) is 0 Å². The number of thioether (sulfide) groups is 1. The number of halogens is 4. The number of carbonyl (C=O) groups is 2. The lowest BCUT2D eigenvalue weighted by Gasteiger charge is -2.33. The SMILES string of the molecule is O=C1CS[C@@]2(C(=O)N(Cc3ccccc3F)c3ccccc32)N1c1cccc(C(F)(F)F)c1. The van der Waals surface area contributed by atoms with Gasteiger partial charge in [-0.15, -0.1) is 11.8 Å². The fourth-order valence-electron chi connectivity index (χ4n) is 4.33. The van der Waals surface area contributed by atoms with Crippen LogP contribution < -0.4 is 9.80 Å². The first kappa shape index (κ1) is 21.5. The van der Waals surface area contributed by atoms with Crippen molar-refractivity contribution in [2.45, 2.75) is 17.6 Å². The van der Waals surface area contributed by atoms with Crippen molar-refractivity contribution in [3.8, 4) is 0 Å². The number of benzene rings is 3. The normalized spacial score (nSPS) is 20.1. The van der Waals surface area contributed by atoms with Crippen LogP contribution in [-0.4, -0.2) is 17.6 Å². The van der Waals surface area contributed by atoms with Crippen LogP contribution in [0.4, 0.5) is 28.9 Å².